The van der Waals surface area contributed by atoms with E-state index < -0.39 is 5.54 Å². The first kappa shape index (κ1) is 14.3. The molecule has 5 nitrogen and oxygen atoms in total. The number of nitrogens with one attached hydrogen (secondary N) is 1. The summed E-state index contributed by atoms with van der Waals surface area (Å²) in [5.41, 5.74) is 5.95. The molecule has 0 spiro atoms. The predicted molar refractivity (Wildman–Crippen MR) is 69.9 cm³/mol. The molecule has 1 amide bonds. The van der Waals surface area contributed by atoms with Crippen LogP contribution in [0.2, 0.25) is 0 Å². The molecule has 3 N–H and O–H groups in total. The molecule has 0 saturated carbocycles. The molecule has 1 unspecified atom stereocenters. The molecule has 0 fully saturated rings. The molecule has 1 aromatic carbocycles. The molecule has 0 aliphatic rings. The largest absolute Gasteiger partial charge is 0.493 e. The predicted octanol–water partition coefficient (Wildman–Crippen LogP) is 0.710. The number of hydrogen-bond acceptors (Lipinski definition) is 4. The van der Waals surface area contributed by atoms with Gasteiger partial charge in [0.1, 0.15) is 0 Å². The van der Waals surface area contributed by atoms with Crippen molar-refractivity contribution in [1.29, 1.82) is 0 Å². The monoisotopic (exact) mass is 252 g/mol. The summed E-state index contributed by atoms with van der Waals surface area (Å²) in [6, 6.07) is 5.50. The Morgan fingerprint density at radius 3 is 2.44 bits per heavy atom. The molecule has 1 aromatic rings. The van der Waals surface area contributed by atoms with Crippen molar-refractivity contribution in [3.63, 3.8) is 0 Å². The number of carbonyl (C=O) groups is 1. The highest BCUT2D eigenvalue weighted by molar-refractivity contribution is 5.85. The Hall–Kier alpha value is -1.75. The van der Waals surface area contributed by atoms with Gasteiger partial charge in [0.15, 0.2) is 11.5 Å². The van der Waals surface area contributed by atoms with Gasteiger partial charge in [-0.05, 0) is 31.0 Å². The van der Waals surface area contributed by atoms with Crippen LogP contribution in [0, 0.1) is 0 Å². The highest BCUT2D eigenvalue weighted by Gasteiger charge is 2.27. The van der Waals surface area contributed by atoms with Gasteiger partial charge in [-0.1, -0.05) is 6.07 Å². The number of carbonyl (C=O) groups excluding carboxylic acids is 1. The van der Waals surface area contributed by atoms with E-state index >= 15 is 0 Å². The van der Waals surface area contributed by atoms with E-state index in [9.17, 15) is 4.79 Å². The highest BCUT2D eigenvalue weighted by atomic mass is 16.5. The fourth-order valence-electron chi connectivity index (χ4n) is 1.78. The van der Waals surface area contributed by atoms with Crippen LogP contribution in [0.25, 0.3) is 0 Å². The minimum Gasteiger partial charge on any atom is -0.493 e. The molecule has 0 aliphatic heterocycles. The second-order valence-electron chi connectivity index (χ2n) is 4.36. The summed E-state index contributed by atoms with van der Waals surface area (Å²) in [6.07, 6.45) is 0.424. The van der Waals surface area contributed by atoms with Gasteiger partial charge in [0.05, 0.1) is 19.8 Å². The van der Waals surface area contributed by atoms with Crippen molar-refractivity contribution < 1.29 is 14.3 Å². The summed E-state index contributed by atoms with van der Waals surface area (Å²) in [5, 5.41) is 2.56. The minimum atomic E-state index is -0.950. The van der Waals surface area contributed by atoms with Crippen molar-refractivity contribution in [2.45, 2.75) is 18.9 Å². The quantitative estimate of drug-likeness (QED) is 0.809. The van der Waals surface area contributed by atoms with E-state index in [2.05, 4.69) is 5.32 Å². The number of methoxy groups -OCH3 is 2. The third-order valence-corrected chi connectivity index (χ3v) is 2.77. The third-order valence-electron chi connectivity index (χ3n) is 2.77. The van der Waals surface area contributed by atoms with Crippen molar-refractivity contribution in [3.8, 4) is 11.5 Å². The van der Waals surface area contributed by atoms with E-state index in [0.717, 1.165) is 5.56 Å². The normalized spacial score (nSPS) is 13.6. The first-order valence-corrected chi connectivity index (χ1v) is 5.66. The molecule has 0 radical (unpaired) electrons. The highest BCUT2D eigenvalue weighted by Crippen LogP contribution is 2.28. The molecule has 1 atom stereocenters. The van der Waals surface area contributed by atoms with Gasteiger partial charge in [0, 0.05) is 7.05 Å². The standard InChI is InChI=1S/C13H20N2O3/c1-13(14,12(16)15-2)8-9-5-6-10(17-3)11(7-9)18-4/h5-7H,8,14H2,1-4H3,(H,15,16). The summed E-state index contributed by atoms with van der Waals surface area (Å²) in [6.45, 7) is 1.70. The van der Waals surface area contributed by atoms with Gasteiger partial charge in [0.2, 0.25) is 5.91 Å². The second kappa shape index (κ2) is 5.73. The lowest BCUT2D eigenvalue weighted by Crippen LogP contribution is -2.52. The Balaban J connectivity index is 2.95. The number of hydrogen-bond donors (Lipinski definition) is 2. The molecular formula is C13H20N2O3. The van der Waals surface area contributed by atoms with Gasteiger partial charge in [-0.15, -0.1) is 0 Å². The summed E-state index contributed by atoms with van der Waals surface area (Å²) in [5.74, 6) is 1.08. The van der Waals surface area contributed by atoms with Gasteiger partial charge in [-0.25, -0.2) is 0 Å². The molecule has 1 rings (SSSR count). The maximum Gasteiger partial charge on any atom is 0.239 e. The SMILES string of the molecule is CNC(=O)C(C)(N)Cc1ccc(OC)c(OC)c1. The number of likely N-dealkylation sites (N-methyl/N-ethyl adjacent to an activating group) is 1. The Labute approximate surface area is 107 Å². The zero-order valence-electron chi connectivity index (χ0n) is 11.2. The topological polar surface area (TPSA) is 73.6 Å². The molecule has 18 heavy (non-hydrogen) atoms. The lowest BCUT2D eigenvalue weighted by Gasteiger charge is -2.23. The summed E-state index contributed by atoms with van der Waals surface area (Å²) >= 11 is 0. The van der Waals surface area contributed by atoms with Gasteiger partial charge in [-0.2, -0.15) is 0 Å². The molecule has 0 bridgehead atoms. The van der Waals surface area contributed by atoms with Gasteiger partial charge in [0.25, 0.3) is 0 Å². The van der Waals surface area contributed by atoms with Gasteiger partial charge in [-0.3, -0.25) is 4.79 Å². The van der Waals surface area contributed by atoms with Crippen LogP contribution in [0.1, 0.15) is 12.5 Å². The number of rotatable bonds is 5. The molecule has 0 aliphatic carbocycles. The molecular weight excluding hydrogens is 232 g/mol. The van der Waals surface area contributed by atoms with Crippen LogP contribution in [0.5, 0.6) is 11.5 Å². The van der Waals surface area contributed by atoms with Crippen LogP contribution in [0.4, 0.5) is 0 Å². The van der Waals surface area contributed by atoms with E-state index in [0.29, 0.717) is 17.9 Å². The van der Waals surface area contributed by atoms with Crippen molar-refractivity contribution in [1.82, 2.24) is 5.32 Å². The number of ether oxygens (including phenoxy) is 2. The van der Waals surface area contributed by atoms with Crippen LogP contribution in [-0.2, 0) is 11.2 Å². The number of amides is 1. The lowest BCUT2D eigenvalue weighted by molar-refractivity contribution is -0.125. The van der Waals surface area contributed by atoms with Crippen LogP contribution in [0.15, 0.2) is 18.2 Å². The van der Waals surface area contributed by atoms with E-state index in [1.54, 1.807) is 34.3 Å². The Bertz CT molecular complexity index is 430. The maximum absolute atomic E-state index is 11.6. The van der Waals surface area contributed by atoms with Gasteiger partial charge < -0.3 is 20.5 Å². The smallest absolute Gasteiger partial charge is 0.239 e. The van der Waals surface area contributed by atoms with Crippen LogP contribution in [-0.4, -0.2) is 32.7 Å². The Morgan fingerprint density at radius 2 is 1.94 bits per heavy atom. The summed E-state index contributed by atoms with van der Waals surface area (Å²) in [7, 11) is 4.72. The lowest BCUT2D eigenvalue weighted by atomic mass is 9.93. The first-order valence-electron chi connectivity index (χ1n) is 5.66. The van der Waals surface area contributed by atoms with Crippen molar-refractivity contribution >= 4 is 5.91 Å². The molecule has 100 valence electrons. The summed E-state index contributed by atoms with van der Waals surface area (Å²) < 4.78 is 10.4. The average Bonchev–Trinajstić information content (AvgIpc) is 2.36. The van der Waals surface area contributed by atoms with E-state index in [1.165, 1.54) is 0 Å². The molecule has 5 heteroatoms. The Kier molecular flexibility index (Phi) is 4.55. The fraction of sp³-hybridized carbons (Fsp3) is 0.462. The van der Waals surface area contributed by atoms with Crippen molar-refractivity contribution in [2.75, 3.05) is 21.3 Å². The number of nitrogens with two attached hydrogens (primary N) is 1. The van der Waals surface area contributed by atoms with Gasteiger partial charge >= 0.3 is 0 Å². The first-order chi connectivity index (χ1) is 8.44. The second-order valence-corrected chi connectivity index (χ2v) is 4.36. The van der Waals surface area contributed by atoms with Crippen molar-refractivity contribution in [2.24, 2.45) is 5.73 Å². The van der Waals surface area contributed by atoms with E-state index in [-0.39, 0.29) is 5.91 Å². The molecule has 0 aromatic heterocycles. The minimum absolute atomic E-state index is 0.197. The molecule has 0 saturated heterocycles. The molecule has 0 heterocycles. The fourth-order valence-corrected chi connectivity index (χ4v) is 1.78. The maximum atomic E-state index is 11.6. The van der Waals surface area contributed by atoms with Crippen LogP contribution < -0.4 is 20.5 Å². The van der Waals surface area contributed by atoms with Crippen molar-refractivity contribution in [3.05, 3.63) is 23.8 Å². The average molecular weight is 252 g/mol. The zero-order valence-corrected chi connectivity index (χ0v) is 11.2. The summed E-state index contributed by atoms with van der Waals surface area (Å²) in [4.78, 5) is 11.6. The van der Waals surface area contributed by atoms with E-state index in [1.807, 2.05) is 12.1 Å². The zero-order chi connectivity index (χ0) is 13.8. The third kappa shape index (κ3) is 3.13. The van der Waals surface area contributed by atoms with E-state index in [4.69, 9.17) is 15.2 Å². The number of benzene rings is 1. The van der Waals surface area contributed by atoms with Crippen LogP contribution >= 0.6 is 0 Å². The Morgan fingerprint density at radius 1 is 1.33 bits per heavy atom. The van der Waals surface area contributed by atoms with Crippen LogP contribution in [0.3, 0.4) is 0 Å².